The smallest absolute Gasteiger partial charge is 1.00 e. The standard InChI is InChI=1S/2Ba.ClH.H2O.4H/h;;1H;1H2;;;;/q2*+2;;;4*-1. The topological polar surface area (TPSA) is 31.5 Å². The van der Waals surface area contributed by atoms with Crippen molar-refractivity contribution in [2.45, 2.75) is 0 Å². The van der Waals surface area contributed by atoms with Crippen LogP contribution in [0.2, 0.25) is 0 Å². The minimum atomic E-state index is 0. The zero-order chi connectivity index (χ0) is 0. The van der Waals surface area contributed by atoms with Crippen LogP contribution in [0.15, 0.2) is 0 Å². The first-order chi connectivity index (χ1) is 0. The fourth-order valence-corrected chi connectivity index (χ4v) is 0. The predicted molar refractivity (Wildman–Crippen MR) is 26.8 cm³/mol. The molecule has 0 bridgehead atoms. The van der Waals surface area contributed by atoms with Gasteiger partial charge in [0.05, 0.1) is 0 Å². The van der Waals surface area contributed by atoms with Crippen LogP contribution in [0.1, 0.15) is 5.71 Å². The Balaban J connectivity index is 0. The van der Waals surface area contributed by atoms with Crippen LogP contribution < -0.4 is 0 Å². The summed E-state index contributed by atoms with van der Waals surface area (Å²) in [4.78, 5) is 0. The predicted octanol–water partition coefficient (Wildman–Crippen LogP) is -0.715. The molecule has 0 saturated carbocycles. The van der Waals surface area contributed by atoms with Gasteiger partial charge in [-0.1, -0.05) is 0 Å². The van der Waals surface area contributed by atoms with E-state index in [2.05, 4.69) is 0 Å². The summed E-state index contributed by atoms with van der Waals surface area (Å²) in [7, 11) is 0. The zero-order valence-corrected chi connectivity index (χ0v) is 12.0. The quantitative estimate of drug-likeness (QED) is 0.525. The number of halogens is 1. The Morgan fingerprint density at radius 3 is 1.00 bits per heavy atom. The van der Waals surface area contributed by atoms with Crippen molar-refractivity contribution in [3.63, 3.8) is 0 Å². The van der Waals surface area contributed by atoms with E-state index in [0.717, 1.165) is 0 Å². The summed E-state index contributed by atoms with van der Waals surface area (Å²) in [6.07, 6.45) is 0. The van der Waals surface area contributed by atoms with Crippen LogP contribution >= 0.6 is 12.4 Å². The molecule has 0 aromatic carbocycles. The largest absolute Gasteiger partial charge is 2.00 e. The monoisotopic (exact) mass is 334 g/mol. The van der Waals surface area contributed by atoms with Crippen molar-refractivity contribution in [1.29, 1.82) is 0 Å². The van der Waals surface area contributed by atoms with Crippen LogP contribution in [0.5, 0.6) is 0 Å². The molecule has 4 heavy (non-hydrogen) atoms. The molecule has 0 atom stereocenters. The van der Waals surface area contributed by atoms with Crippen molar-refractivity contribution < 1.29 is 11.2 Å². The molecule has 24 valence electrons. The van der Waals surface area contributed by atoms with Gasteiger partial charge in [0.25, 0.3) is 0 Å². The Labute approximate surface area is 118 Å². The molecule has 0 heterocycles. The van der Waals surface area contributed by atoms with Crippen LogP contribution in [0.25, 0.3) is 0 Å². The molecular weight excluding hydrogens is 326 g/mol. The molecular formula is H7Ba2ClO. The van der Waals surface area contributed by atoms with Gasteiger partial charge in [-0.05, 0) is 0 Å². The van der Waals surface area contributed by atoms with Gasteiger partial charge in [0.15, 0.2) is 0 Å². The van der Waals surface area contributed by atoms with Crippen LogP contribution in [0.4, 0.5) is 0 Å². The van der Waals surface area contributed by atoms with E-state index in [1.165, 1.54) is 0 Å². The molecule has 0 aromatic rings. The van der Waals surface area contributed by atoms with Crippen LogP contribution in [-0.2, 0) is 0 Å². The molecule has 0 aliphatic rings. The van der Waals surface area contributed by atoms with E-state index in [1.807, 2.05) is 0 Å². The van der Waals surface area contributed by atoms with Crippen LogP contribution in [0.3, 0.4) is 0 Å². The summed E-state index contributed by atoms with van der Waals surface area (Å²) in [6.45, 7) is 0. The fourth-order valence-electron chi connectivity index (χ4n) is 0. The SMILES string of the molecule is Cl.O.[Ba+2].[Ba+2].[H-].[H-].[H-].[H-]. The summed E-state index contributed by atoms with van der Waals surface area (Å²) < 4.78 is 0. The first-order valence-electron chi connectivity index (χ1n) is 0. The van der Waals surface area contributed by atoms with Crippen LogP contribution in [0, 0.1) is 0 Å². The first kappa shape index (κ1) is 26.2. The maximum absolute atomic E-state index is 0. The Kier molecular flexibility index (Phi) is 106. The molecule has 0 aromatic heterocycles. The van der Waals surface area contributed by atoms with Gasteiger partial charge in [0, 0.05) is 0 Å². The Hall–Kier alpha value is 3.39. The second kappa shape index (κ2) is 16.2. The van der Waals surface area contributed by atoms with Gasteiger partial charge in [-0.3, -0.25) is 0 Å². The van der Waals surface area contributed by atoms with E-state index < -0.39 is 0 Å². The van der Waals surface area contributed by atoms with Gasteiger partial charge < -0.3 is 11.2 Å². The molecule has 0 aliphatic carbocycles. The third-order valence-corrected chi connectivity index (χ3v) is 0. The van der Waals surface area contributed by atoms with E-state index in [4.69, 9.17) is 0 Å². The number of hydrogen-bond donors (Lipinski definition) is 0. The summed E-state index contributed by atoms with van der Waals surface area (Å²) in [5.74, 6) is 0. The van der Waals surface area contributed by atoms with Crippen molar-refractivity contribution in [1.82, 2.24) is 0 Å². The van der Waals surface area contributed by atoms with Gasteiger partial charge in [0.1, 0.15) is 0 Å². The van der Waals surface area contributed by atoms with Gasteiger partial charge in [-0.2, -0.15) is 0 Å². The summed E-state index contributed by atoms with van der Waals surface area (Å²) in [5, 5.41) is 0. The van der Waals surface area contributed by atoms with Crippen molar-refractivity contribution in [3.8, 4) is 0 Å². The molecule has 2 N–H and O–H groups in total. The average Bonchev–Trinajstić information content (AvgIpc) is 0. The summed E-state index contributed by atoms with van der Waals surface area (Å²) >= 11 is 0. The van der Waals surface area contributed by atoms with E-state index >= 15 is 0 Å². The van der Waals surface area contributed by atoms with E-state index in [9.17, 15) is 0 Å². The molecule has 0 amide bonds. The zero-order valence-electron chi connectivity index (χ0n) is 6.32. The van der Waals surface area contributed by atoms with Crippen LogP contribution in [-0.4, -0.2) is 103 Å². The maximum atomic E-state index is 0. The first-order valence-corrected chi connectivity index (χ1v) is 0. The Morgan fingerprint density at radius 1 is 1.00 bits per heavy atom. The van der Waals surface area contributed by atoms with Crippen molar-refractivity contribution in [3.05, 3.63) is 0 Å². The molecule has 0 radical (unpaired) electrons. The Bertz CT molecular complexity index is 14.0. The normalized spacial score (nSPS) is 0. The van der Waals surface area contributed by atoms with Gasteiger partial charge in [-0.25, -0.2) is 0 Å². The molecule has 1 nitrogen and oxygen atoms in total. The summed E-state index contributed by atoms with van der Waals surface area (Å²) in [6, 6.07) is 0. The number of rotatable bonds is 0. The van der Waals surface area contributed by atoms with E-state index in [1.54, 1.807) is 0 Å². The molecule has 0 rings (SSSR count). The fraction of sp³-hybridized carbons (Fsp3) is 0. The molecule has 0 fully saturated rings. The molecule has 0 aliphatic heterocycles. The van der Waals surface area contributed by atoms with Crippen molar-refractivity contribution in [2.24, 2.45) is 0 Å². The van der Waals surface area contributed by atoms with Gasteiger partial charge in [-0.15, -0.1) is 12.4 Å². The molecule has 4 heteroatoms. The van der Waals surface area contributed by atoms with Gasteiger partial charge >= 0.3 is 97.8 Å². The third-order valence-electron chi connectivity index (χ3n) is 0. The molecule has 0 spiro atoms. The number of hydrogen-bond acceptors (Lipinski definition) is 0. The second-order valence-corrected chi connectivity index (χ2v) is 0. The van der Waals surface area contributed by atoms with E-state index in [0.29, 0.717) is 0 Å². The minimum Gasteiger partial charge on any atom is -1.00 e. The maximum Gasteiger partial charge on any atom is 2.00 e. The summed E-state index contributed by atoms with van der Waals surface area (Å²) in [5.41, 5.74) is 0. The molecule has 0 unspecified atom stereocenters. The molecule has 0 saturated heterocycles. The third kappa shape index (κ3) is 9.04. The average molecular weight is 333 g/mol. The second-order valence-electron chi connectivity index (χ2n) is 0. The minimum absolute atomic E-state index is 0. The van der Waals surface area contributed by atoms with Gasteiger partial charge in [0.2, 0.25) is 0 Å². The Morgan fingerprint density at radius 2 is 1.00 bits per heavy atom. The van der Waals surface area contributed by atoms with Crippen molar-refractivity contribution in [2.75, 3.05) is 0 Å². The van der Waals surface area contributed by atoms with Crippen molar-refractivity contribution >= 4 is 110 Å². The van der Waals surface area contributed by atoms with E-state index in [-0.39, 0.29) is 121 Å².